The second-order valence-corrected chi connectivity index (χ2v) is 6.91. The van der Waals surface area contributed by atoms with E-state index in [1.165, 1.54) is 12.1 Å². The van der Waals surface area contributed by atoms with E-state index in [0.717, 1.165) is 5.69 Å². The summed E-state index contributed by atoms with van der Waals surface area (Å²) in [5.74, 6) is -1.91. The van der Waals surface area contributed by atoms with Gasteiger partial charge in [-0.05, 0) is 24.3 Å². The van der Waals surface area contributed by atoms with Crippen LogP contribution in [0.15, 0.2) is 53.1 Å². The number of para-hydroxylation sites is 1. The van der Waals surface area contributed by atoms with Gasteiger partial charge < -0.3 is 14.3 Å². The molecule has 1 aliphatic rings. The molecule has 1 fully saturated rings. The number of nitrogens with zero attached hydrogens (tertiary/aromatic N) is 5. The van der Waals surface area contributed by atoms with Gasteiger partial charge in [0.15, 0.2) is 0 Å². The molecule has 10 heteroatoms. The molecule has 1 aliphatic heterocycles. The number of alkyl halides is 3. The van der Waals surface area contributed by atoms with Crippen LogP contribution in [0, 0.1) is 11.3 Å². The molecule has 0 atom stereocenters. The third kappa shape index (κ3) is 4.21. The minimum absolute atomic E-state index is 0.236. The lowest BCUT2D eigenvalue weighted by atomic mass is 10.1. The summed E-state index contributed by atoms with van der Waals surface area (Å²) < 4.78 is 42.3. The van der Waals surface area contributed by atoms with E-state index in [1.54, 1.807) is 29.2 Å². The Morgan fingerprint density at radius 1 is 1.06 bits per heavy atom. The molecule has 1 amide bonds. The molecule has 1 saturated heterocycles. The van der Waals surface area contributed by atoms with E-state index in [2.05, 4.69) is 25.6 Å². The van der Waals surface area contributed by atoms with Crippen molar-refractivity contribution in [2.45, 2.75) is 6.18 Å². The van der Waals surface area contributed by atoms with Gasteiger partial charge in [0.05, 0.1) is 11.3 Å². The Morgan fingerprint density at radius 2 is 1.81 bits per heavy atom. The Labute approximate surface area is 175 Å². The average molecular weight is 427 g/mol. The molecule has 7 nitrogen and oxygen atoms in total. The van der Waals surface area contributed by atoms with Crippen LogP contribution in [-0.4, -0.2) is 47.1 Å². The van der Waals surface area contributed by atoms with Crippen LogP contribution in [0.5, 0.6) is 0 Å². The number of aromatic nitrogens is 2. The number of halogens is 3. The first-order chi connectivity index (χ1) is 14.9. The first kappa shape index (κ1) is 20.4. The number of hydrogen-bond donors (Lipinski definition) is 0. The number of nitriles is 1. The van der Waals surface area contributed by atoms with Gasteiger partial charge in [-0.3, -0.25) is 4.79 Å². The normalized spacial score (nSPS) is 14.4. The SMILES string of the molecule is N#Cc1ccccc1N1CCN(C(=O)c2cccc(-c3noc(C(F)(F)F)n3)c2)CC1. The molecule has 0 radical (unpaired) electrons. The number of hydrogen-bond acceptors (Lipinski definition) is 6. The highest BCUT2D eigenvalue weighted by Gasteiger charge is 2.38. The molecule has 0 unspecified atom stereocenters. The summed E-state index contributed by atoms with van der Waals surface area (Å²) in [6, 6.07) is 15.6. The van der Waals surface area contributed by atoms with E-state index in [0.29, 0.717) is 37.3 Å². The van der Waals surface area contributed by atoms with E-state index in [-0.39, 0.29) is 17.3 Å². The number of carbonyl (C=O) groups excluding carboxylic acids is 1. The zero-order valence-corrected chi connectivity index (χ0v) is 16.1. The fraction of sp³-hybridized carbons (Fsp3) is 0.238. The molecule has 1 aromatic heterocycles. The molecule has 0 aliphatic carbocycles. The van der Waals surface area contributed by atoms with E-state index < -0.39 is 12.1 Å². The second kappa shape index (κ2) is 8.10. The highest BCUT2D eigenvalue weighted by atomic mass is 19.4. The van der Waals surface area contributed by atoms with Crippen molar-refractivity contribution >= 4 is 11.6 Å². The van der Waals surface area contributed by atoms with Crippen LogP contribution >= 0.6 is 0 Å². The predicted octanol–water partition coefficient (Wildman–Crippen LogP) is 3.59. The van der Waals surface area contributed by atoms with E-state index in [9.17, 15) is 23.2 Å². The fourth-order valence-electron chi connectivity index (χ4n) is 3.42. The Balaban J connectivity index is 1.47. The van der Waals surface area contributed by atoms with Crippen molar-refractivity contribution in [2.24, 2.45) is 0 Å². The summed E-state index contributed by atoms with van der Waals surface area (Å²) in [5.41, 5.74) is 1.98. The maximum Gasteiger partial charge on any atom is 0.471 e. The summed E-state index contributed by atoms with van der Waals surface area (Å²) in [6.45, 7) is 2.01. The third-order valence-electron chi connectivity index (χ3n) is 4.97. The largest absolute Gasteiger partial charge is 0.471 e. The van der Waals surface area contributed by atoms with Crippen LogP contribution in [0.25, 0.3) is 11.4 Å². The standard InChI is InChI=1S/C21H16F3N5O2/c22-21(23,24)20-26-18(27-31-20)14-5-3-6-15(12-14)19(30)29-10-8-28(9-11-29)17-7-2-1-4-16(17)13-25/h1-7,12H,8-11H2. The third-order valence-corrected chi connectivity index (χ3v) is 4.97. The summed E-state index contributed by atoms with van der Waals surface area (Å²) in [4.78, 5) is 20.0. The van der Waals surface area contributed by atoms with Crippen LogP contribution in [0.4, 0.5) is 18.9 Å². The van der Waals surface area contributed by atoms with E-state index in [1.807, 2.05) is 12.1 Å². The van der Waals surface area contributed by atoms with Crippen LogP contribution in [0.3, 0.4) is 0 Å². The quantitative estimate of drug-likeness (QED) is 0.635. The molecule has 31 heavy (non-hydrogen) atoms. The zero-order chi connectivity index (χ0) is 22.0. The number of carbonyl (C=O) groups is 1. The van der Waals surface area contributed by atoms with Gasteiger partial charge in [0, 0.05) is 37.3 Å². The minimum atomic E-state index is -4.73. The van der Waals surface area contributed by atoms with Gasteiger partial charge in [-0.15, -0.1) is 0 Å². The van der Waals surface area contributed by atoms with Gasteiger partial charge in [-0.1, -0.05) is 29.4 Å². The van der Waals surface area contributed by atoms with Crippen molar-refractivity contribution in [2.75, 3.05) is 31.1 Å². The van der Waals surface area contributed by atoms with Crippen LogP contribution < -0.4 is 4.90 Å². The molecule has 4 rings (SSSR count). The lowest BCUT2D eigenvalue weighted by molar-refractivity contribution is -0.159. The topological polar surface area (TPSA) is 86.3 Å². The van der Waals surface area contributed by atoms with E-state index in [4.69, 9.17) is 0 Å². The predicted molar refractivity (Wildman–Crippen MR) is 104 cm³/mol. The van der Waals surface area contributed by atoms with Crippen molar-refractivity contribution < 1.29 is 22.5 Å². The van der Waals surface area contributed by atoms with Crippen LogP contribution in [0.2, 0.25) is 0 Å². The second-order valence-electron chi connectivity index (χ2n) is 6.91. The zero-order valence-electron chi connectivity index (χ0n) is 16.1. The number of benzene rings is 2. The molecule has 0 bridgehead atoms. The monoisotopic (exact) mass is 427 g/mol. The molecular weight excluding hydrogens is 411 g/mol. The number of piperazine rings is 1. The van der Waals surface area contributed by atoms with Crippen LogP contribution in [0.1, 0.15) is 21.8 Å². The number of amides is 1. The molecule has 3 aromatic rings. The molecule has 158 valence electrons. The van der Waals surface area contributed by atoms with Crippen molar-refractivity contribution in [1.29, 1.82) is 5.26 Å². The fourth-order valence-corrected chi connectivity index (χ4v) is 3.42. The van der Waals surface area contributed by atoms with Gasteiger partial charge in [-0.25, -0.2) is 0 Å². The Bertz CT molecular complexity index is 1140. The summed E-state index contributed by atoms with van der Waals surface area (Å²) in [7, 11) is 0. The smallest absolute Gasteiger partial charge is 0.367 e. The summed E-state index contributed by atoms with van der Waals surface area (Å²) >= 11 is 0. The lowest BCUT2D eigenvalue weighted by Crippen LogP contribution is -2.49. The van der Waals surface area contributed by atoms with Crippen LogP contribution in [-0.2, 0) is 6.18 Å². The Morgan fingerprint density at radius 3 is 2.48 bits per heavy atom. The highest BCUT2D eigenvalue weighted by Crippen LogP contribution is 2.29. The Hall–Kier alpha value is -3.87. The van der Waals surface area contributed by atoms with Gasteiger partial charge in [0.2, 0.25) is 5.82 Å². The number of rotatable bonds is 3. The number of anilines is 1. The van der Waals surface area contributed by atoms with Gasteiger partial charge in [-0.2, -0.15) is 23.4 Å². The van der Waals surface area contributed by atoms with Gasteiger partial charge >= 0.3 is 12.1 Å². The molecule has 2 aromatic carbocycles. The molecular formula is C21H16F3N5O2. The lowest BCUT2D eigenvalue weighted by Gasteiger charge is -2.36. The minimum Gasteiger partial charge on any atom is -0.367 e. The van der Waals surface area contributed by atoms with Crippen molar-refractivity contribution in [1.82, 2.24) is 15.0 Å². The summed E-state index contributed by atoms with van der Waals surface area (Å²) in [6.07, 6.45) is -4.73. The molecule has 0 spiro atoms. The highest BCUT2D eigenvalue weighted by molar-refractivity contribution is 5.95. The maximum atomic E-state index is 12.9. The molecule has 2 heterocycles. The first-order valence-electron chi connectivity index (χ1n) is 9.41. The molecule has 0 saturated carbocycles. The average Bonchev–Trinajstić information content (AvgIpc) is 3.30. The van der Waals surface area contributed by atoms with Gasteiger partial charge in [0.1, 0.15) is 6.07 Å². The van der Waals surface area contributed by atoms with Crippen molar-refractivity contribution in [3.63, 3.8) is 0 Å². The maximum absolute atomic E-state index is 12.9. The van der Waals surface area contributed by atoms with Crippen molar-refractivity contribution in [3.05, 3.63) is 65.5 Å². The summed E-state index contributed by atoms with van der Waals surface area (Å²) in [5, 5.41) is 12.6. The Kier molecular flexibility index (Phi) is 5.33. The van der Waals surface area contributed by atoms with E-state index >= 15 is 0 Å². The molecule has 0 N–H and O–H groups in total. The first-order valence-corrected chi connectivity index (χ1v) is 9.41. The van der Waals surface area contributed by atoms with Gasteiger partial charge in [0.25, 0.3) is 5.91 Å². The van der Waals surface area contributed by atoms with Crippen molar-refractivity contribution in [3.8, 4) is 17.5 Å².